The van der Waals surface area contributed by atoms with Crippen LogP contribution in [0.4, 0.5) is 0 Å². The van der Waals surface area contributed by atoms with Crippen LogP contribution in [0.15, 0.2) is 0 Å². The molecule has 0 aromatic carbocycles. The molecule has 2 unspecified atom stereocenters. The van der Waals surface area contributed by atoms with Crippen LogP contribution in [0.1, 0.15) is 74.7 Å². The maximum atomic E-state index is 11.8. The monoisotopic (exact) mass is 270 g/mol. The van der Waals surface area contributed by atoms with Gasteiger partial charge in [0.25, 0.3) is 0 Å². The highest BCUT2D eigenvalue weighted by atomic mass is 16.5. The van der Waals surface area contributed by atoms with E-state index >= 15 is 0 Å². The Hall–Kier alpha value is -0.530. The molecule has 0 aliphatic carbocycles. The molecule has 0 aliphatic heterocycles. The molecule has 2 heteroatoms. The summed E-state index contributed by atoms with van der Waals surface area (Å²) in [6, 6.07) is 0. The smallest absolute Gasteiger partial charge is 0.306 e. The van der Waals surface area contributed by atoms with E-state index in [0.29, 0.717) is 30.3 Å². The number of carbonyl (C=O) groups excluding carboxylic acids is 1. The molecule has 0 aliphatic rings. The van der Waals surface area contributed by atoms with Crippen LogP contribution in [0.3, 0.4) is 0 Å². The predicted molar refractivity (Wildman–Crippen MR) is 82.0 cm³/mol. The van der Waals surface area contributed by atoms with Gasteiger partial charge in [0, 0.05) is 6.42 Å². The van der Waals surface area contributed by atoms with Gasteiger partial charge in [-0.15, -0.1) is 0 Å². The van der Waals surface area contributed by atoms with E-state index in [1.807, 2.05) is 0 Å². The van der Waals surface area contributed by atoms with Crippen molar-refractivity contribution in [1.82, 2.24) is 0 Å². The maximum Gasteiger partial charge on any atom is 0.306 e. The molecular formula is C17H34O2. The summed E-state index contributed by atoms with van der Waals surface area (Å²) in [5, 5.41) is 0. The largest absolute Gasteiger partial charge is 0.465 e. The van der Waals surface area contributed by atoms with Crippen molar-refractivity contribution >= 4 is 5.97 Å². The van der Waals surface area contributed by atoms with Gasteiger partial charge in [-0.1, -0.05) is 55.4 Å². The van der Waals surface area contributed by atoms with Crippen LogP contribution < -0.4 is 0 Å². The van der Waals surface area contributed by atoms with Gasteiger partial charge in [0.15, 0.2) is 0 Å². The molecule has 0 spiro atoms. The first-order valence-electron chi connectivity index (χ1n) is 7.55. The molecule has 0 rings (SSSR count). The van der Waals surface area contributed by atoms with Crippen LogP contribution in [0.25, 0.3) is 0 Å². The van der Waals surface area contributed by atoms with E-state index in [9.17, 15) is 4.79 Å². The summed E-state index contributed by atoms with van der Waals surface area (Å²) in [5.41, 5.74) is 0.574. The van der Waals surface area contributed by atoms with Crippen LogP contribution in [0.2, 0.25) is 0 Å². The fourth-order valence-corrected chi connectivity index (χ4v) is 2.80. The molecule has 0 saturated heterocycles. The fraction of sp³-hybridized carbons (Fsp3) is 0.941. The van der Waals surface area contributed by atoms with Crippen LogP contribution in [0, 0.1) is 22.7 Å². The minimum Gasteiger partial charge on any atom is -0.465 e. The van der Waals surface area contributed by atoms with Crippen molar-refractivity contribution in [1.29, 1.82) is 0 Å². The van der Waals surface area contributed by atoms with Gasteiger partial charge in [-0.3, -0.25) is 4.79 Å². The molecular weight excluding hydrogens is 236 g/mol. The summed E-state index contributed by atoms with van der Waals surface area (Å²) < 4.78 is 5.40. The molecule has 0 bridgehead atoms. The van der Waals surface area contributed by atoms with Crippen molar-refractivity contribution < 1.29 is 9.53 Å². The van der Waals surface area contributed by atoms with Crippen LogP contribution in [0.5, 0.6) is 0 Å². The molecule has 0 radical (unpaired) electrons. The molecule has 2 atom stereocenters. The Labute approximate surface area is 120 Å². The molecule has 0 aromatic rings. The number of rotatable bonds is 6. The highest BCUT2D eigenvalue weighted by Gasteiger charge is 2.20. The fourth-order valence-electron chi connectivity index (χ4n) is 2.80. The van der Waals surface area contributed by atoms with E-state index in [-0.39, 0.29) is 11.4 Å². The number of carbonyl (C=O) groups is 1. The lowest BCUT2D eigenvalue weighted by Gasteiger charge is -2.24. The zero-order valence-electron chi connectivity index (χ0n) is 14.3. The molecule has 0 aromatic heterocycles. The quantitative estimate of drug-likeness (QED) is 0.630. The highest BCUT2D eigenvalue weighted by molar-refractivity contribution is 5.69. The Morgan fingerprint density at radius 1 is 0.895 bits per heavy atom. The van der Waals surface area contributed by atoms with Gasteiger partial charge in [0.05, 0.1) is 6.61 Å². The first kappa shape index (κ1) is 18.5. The van der Waals surface area contributed by atoms with Crippen molar-refractivity contribution in [2.45, 2.75) is 74.7 Å². The van der Waals surface area contributed by atoms with Crippen LogP contribution in [-0.4, -0.2) is 12.6 Å². The maximum absolute atomic E-state index is 11.8. The summed E-state index contributed by atoms with van der Waals surface area (Å²) in [6.07, 6.45) is 2.68. The third-order valence-electron chi connectivity index (χ3n) is 2.97. The summed E-state index contributed by atoms with van der Waals surface area (Å²) in [5.74, 6) is 0.782. The number of esters is 1. The van der Waals surface area contributed by atoms with Gasteiger partial charge >= 0.3 is 5.97 Å². The summed E-state index contributed by atoms with van der Waals surface area (Å²) in [7, 11) is 0. The van der Waals surface area contributed by atoms with E-state index in [2.05, 4.69) is 55.4 Å². The number of hydrogen-bond acceptors (Lipinski definition) is 2. The number of ether oxygens (including phenoxy) is 1. The standard InChI is InChI=1S/C17H34O2/c1-13(10-16(3,4)5)9-15(18)19-12-14(2)11-17(6,7)8/h13-14H,9-12H2,1-8H3. The Morgan fingerprint density at radius 3 is 1.74 bits per heavy atom. The average molecular weight is 270 g/mol. The third kappa shape index (κ3) is 12.3. The van der Waals surface area contributed by atoms with Gasteiger partial charge in [-0.05, 0) is 35.5 Å². The average Bonchev–Trinajstić information content (AvgIpc) is 2.08. The summed E-state index contributed by atoms with van der Waals surface area (Å²) in [4.78, 5) is 11.8. The van der Waals surface area contributed by atoms with Gasteiger partial charge in [0.1, 0.15) is 0 Å². The molecule has 0 saturated carbocycles. The minimum absolute atomic E-state index is 0.0440. The van der Waals surface area contributed by atoms with Gasteiger partial charge in [-0.25, -0.2) is 0 Å². The Balaban J connectivity index is 3.93. The lowest BCUT2D eigenvalue weighted by molar-refractivity contribution is -0.146. The lowest BCUT2D eigenvalue weighted by atomic mass is 9.84. The van der Waals surface area contributed by atoms with Gasteiger partial charge in [0.2, 0.25) is 0 Å². The number of hydrogen-bond donors (Lipinski definition) is 0. The highest BCUT2D eigenvalue weighted by Crippen LogP contribution is 2.27. The molecule has 0 amide bonds. The molecule has 19 heavy (non-hydrogen) atoms. The Kier molecular flexibility index (Phi) is 7.10. The molecule has 0 N–H and O–H groups in total. The predicted octanol–water partition coefficient (Wildman–Crippen LogP) is 5.06. The van der Waals surface area contributed by atoms with Crippen molar-refractivity contribution in [3.63, 3.8) is 0 Å². The first-order valence-corrected chi connectivity index (χ1v) is 7.55. The SMILES string of the molecule is CC(COC(=O)CC(C)CC(C)(C)C)CC(C)(C)C. The first-order chi connectivity index (χ1) is 8.39. The van der Waals surface area contributed by atoms with Crippen molar-refractivity contribution in [3.05, 3.63) is 0 Å². The second kappa shape index (κ2) is 7.31. The third-order valence-corrected chi connectivity index (χ3v) is 2.97. The second-order valence-corrected chi connectivity index (χ2v) is 8.63. The van der Waals surface area contributed by atoms with E-state index < -0.39 is 0 Å². The summed E-state index contributed by atoms with van der Waals surface area (Å²) >= 11 is 0. The lowest BCUT2D eigenvalue weighted by Crippen LogP contribution is -2.20. The van der Waals surface area contributed by atoms with Crippen molar-refractivity contribution in [2.75, 3.05) is 6.61 Å². The summed E-state index contributed by atoms with van der Waals surface area (Å²) in [6.45, 7) is 18.1. The Morgan fingerprint density at radius 2 is 1.32 bits per heavy atom. The molecule has 2 nitrogen and oxygen atoms in total. The molecule has 0 heterocycles. The zero-order valence-corrected chi connectivity index (χ0v) is 14.3. The van der Waals surface area contributed by atoms with Gasteiger partial charge in [-0.2, -0.15) is 0 Å². The molecule has 114 valence electrons. The molecule has 0 fully saturated rings. The van der Waals surface area contributed by atoms with E-state index in [0.717, 1.165) is 12.8 Å². The van der Waals surface area contributed by atoms with E-state index in [1.165, 1.54) is 0 Å². The Bertz CT molecular complexity index is 268. The van der Waals surface area contributed by atoms with Crippen molar-refractivity contribution in [2.24, 2.45) is 22.7 Å². The topological polar surface area (TPSA) is 26.3 Å². The minimum atomic E-state index is -0.0440. The van der Waals surface area contributed by atoms with Crippen LogP contribution >= 0.6 is 0 Å². The normalized spacial score (nSPS) is 16.0. The zero-order chi connectivity index (χ0) is 15.3. The van der Waals surface area contributed by atoms with E-state index in [4.69, 9.17) is 4.74 Å². The van der Waals surface area contributed by atoms with Crippen molar-refractivity contribution in [3.8, 4) is 0 Å². The second-order valence-electron chi connectivity index (χ2n) is 8.63. The van der Waals surface area contributed by atoms with Gasteiger partial charge < -0.3 is 4.74 Å². The van der Waals surface area contributed by atoms with Crippen LogP contribution in [-0.2, 0) is 9.53 Å². The van der Waals surface area contributed by atoms with E-state index in [1.54, 1.807) is 0 Å².